The second-order valence-corrected chi connectivity index (χ2v) is 5.21. The van der Waals surface area contributed by atoms with Crippen LogP contribution in [-0.2, 0) is 12.8 Å². The van der Waals surface area contributed by atoms with Gasteiger partial charge in [-0.25, -0.2) is 0 Å². The number of hydrogen-bond donors (Lipinski definition) is 1. The quantitative estimate of drug-likeness (QED) is 0.862. The van der Waals surface area contributed by atoms with Crippen molar-refractivity contribution in [1.82, 2.24) is 0 Å². The van der Waals surface area contributed by atoms with E-state index in [1.54, 1.807) is 0 Å². The average Bonchev–Trinajstić information content (AvgIpc) is 2.59. The highest BCUT2D eigenvalue weighted by Crippen LogP contribution is 2.32. The molecule has 0 aliphatic heterocycles. The Balaban J connectivity index is 2.17. The Morgan fingerprint density at radius 2 is 2.14 bits per heavy atom. The molecule has 0 spiro atoms. The summed E-state index contributed by atoms with van der Waals surface area (Å²) < 4.78 is 1.19. The van der Waals surface area contributed by atoms with Gasteiger partial charge in [-0.3, -0.25) is 0 Å². The molecule has 2 rings (SSSR count). The minimum Gasteiger partial charge on any atom is -0.330 e. The first-order valence-corrected chi connectivity index (χ1v) is 5.97. The summed E-state index contributed by atoms with van der Waals surface area (Å²) in [5, 5.41) is 0. The van der Waals surface area contributed by atoms with Crippen LogP contribution in [0.25, 0.3) is 0 Å². The first kappa shape index (κ1) is 10.2. The minimum absolute atomic E-state index is 0.640. The predicted octanol–water partition coefficient (Wildman–Crippen LogP) is 2.76. The molecule has 0 fully saturated rings. The zero-order chi connectivity index (χ0) is 10.1. The van der Waals surface area contributed by atoms with E-state index in [9.17, 15) is 0 Å². The van der Waals surface area contributed by atoms with Gasteiger partial charge < -0.3 is 5.73 Å². The summed E-state index contributed by atoms with van der Waals surface area (Å²) in [6, 6.07) is 6.62. The van der Waals surface area contributed by atoms with Crippen molar-refractivity contribution in [1.29, 1.82) is 0 Å². The zero-order valence-electron chi connectivity index (χ0n) is 8.46. The van der Waals surface area contributed by atoms with E-state index in [0.717, 1.165) is 12.5 Å². The standard InChI is InChI=1S/C12H16BrN/c1-8(7-14)10-4-9-2-3-12(13)6-11(9)5-10/h2-3,6,8,10H,4-5,7,14H2,1H3. The number of halogens is 1. The fraction of sp³-hybridized carbons (Fsp3) is 0.500. The normalized spacial score (nSPS) is 22.1. The Bertz CT molecular complexity index is 335. The molecule has 0 amide bonds. The van der Waals surface area contributed by atoms with E-state index in [1.165, 1.54) is 28.4 Å². The molecule has 1 nitrogen and oxygen atoms in total. The van der Waals surface area contributed by atoms with Gasteiger partial charge in [-0.1, -0.05) is 28.9 Å². The molecule has 1 aromatic rings. The lowest BCUT2D eigenvalue weighted by Gasteiger charge is -2.15. The van der Waals surface area contributed by atoms with Crippen molar-refractivity contribution in [2.75, 3.05) is 6.54 Å². The summed E-state index contributed by atoms with van der Waals surface area (Å²) in [6.07, 6.45) is 2.41. The molecule has 1 aromatic carbocycles. The van der Waals surface area contributed by atoms with Gasteiger partial charge in [0, 0.05) is 4.47 Å². The molecule has 2 N–H and O–H groups in total. The Morgan fingerprint density at radius 3 is 2.86 bits per heavy atom. The van der Waals surface area contributed by atoms with E-state index in [-0.39, 0.29) is 0 Å². The molecule has 0 bridgehead atoms. The van der Waals surface area contributed by atoms with Crippen LogP contribution in [0.4, 0.5) is 0 Å². The van der Waals surface area contributed by atoms with E-state index in [2.05, 4.69) is 41.1 Å². The molecule has 0 saturated carbocycles. The molecule has 1 aliphatic rings. The second-order valence-electron chi connectivity index (χ2n) is 4.29. The van der Waals surface area contributed by atoms with Crippen molar-refractivity contribution in [2.24, 2.45) is 17.6 Å². The minimum atomic E-state index is 0.640. The third kappa shape index (κ3) is 1.86. The SMILES string of the molecule is CC(CN)C1Cc2ccc(Br)cc2C1. The Hall–Kier alpha value is -0.340. The lowest BCUT2D eigenvalue weighted by atomic mass is 9.91. The number of nitrogens with two attached hydrogens (primary N) is 1. The van der Waals surface area contributed by atoms with Crippen LogP contribution in [0.5, 0.6) is 0 Å². The van der Waals surface area contributed by atoms with E-state index >= 15 is 0 Å². The maximum Gasteiger partial charge on any atom is 0.0178 e. The number of hydrogen-bond acceptors (Lipinski definition) is 1. The largest absolute Gasteiger partial charge is 0.330 e. The third-order valence-electron chi connectivity index (χ3n) is 3.31. The first-order valence-electron chi connectivity index (χ1n) is 5.18. The molecular formula is C12H16BrN. The van der Waals surface area contributed by atoms with Crippen LogP contribution in [0.3, 0.4) is 0 Å². The molecule has 14 heavy (non-hydrogen) atoms. The molecule has 0 heterocycles. The Kier molecular flexibility index (Phi) is 2.93. The van der Waals surface area contributed by atoms with Crippen molar-refractivity contribution in [3.63, 3.8) is 0 Å². The van der Waals surface area contributed by atoms with Gasteiger partial charge in [0.05, 0.1) is 0 Å². The molecule has 76 valence electrons. The summed E-state index contributed by atoms with van der Waals surface area (Å²) in [4.78, 5) is 0. The van der Waals surface area contributed by atoms with Crippen LogP contribution in [-0.4, -0.2) is 6.54 Å². The number of rotatable bonds is 2. The van der Waals surface area contributed by atoms with Crippen molar-refractivity contribution < 1.29 is 0 Å². The highest BCUT2D eigenvalue weighted by Gasteiger charge is 2.25. The van der Waals surface area contributed by atoms with Gasteiger partial charge in [-0.05, 0) is 54.5 Å². The number of fused-ring (bicyclic) bond motifs is 1. The van der Waals surface area contributed by atoms with Crippen molar-refractivity contribution in [3.05, 3.63) is 33.8 Å². The van der Waals surface area contributed by atoms with Crippen LogP contribution < -0.4 is 5.73 Å². The molecule has 0 saturated heterocycles. The summed E-state index contributed by atoms with van der Waals surface area (Å²) in [7, 11) is 0. The summed E-state index contributed by atoms with van der Waals surface area (Å²) in [6.45, 7) is 3.06. The van der Waals surface area contributed by atoms with Crippen molar-refractivity contribution in [2.45, 2.75) is 19.8 Å². The lowest BCUT2D eigenvalue weighted by molar-refractivity contribution is 0.382. The topological polar surface area (TPSA) is 26.0 Å². The van der Waals surface area contributed by atoms with Gasteiger partial charge in [-0.15, -0.1) is 0 Å². The molecule has 2 unspecified atom stereocenters. The predicted molar refractivity (Wildman–Crippen MR) is 63.3 cm³/mol. The van der Waals surface area contributed by atoms with Crippen LogP contribution in [0.2, 0.25) is 0 Å². The Labute approximate surface area is 93.8 Å². The average molecular weight is 254 g/mol. The fourth-order valence-electron chi connectivity index (χ4n) is 2.22. The van der Waals surface area contributed by atoms with E-state index < -0.39 is 0 Å². The molecule has 1 aliphatic carbocycles. The van der Waals surface area contributed by atoms with Gasteiger partial charge in [0.2, 0.25) is 0 Å². The summed E-state index contributed by atoms with van der Waals surface area (Å²) in [5.74, 6) is 1.39. The maximum atomic E-state index is 5.71. The monoisotopic (exact) mass is 253 g/mol. The second kappa shape index (κ2) is 4.03. The van der Waals surface area contributed by atoms with Crippen LogP contribution >= 0.6 is 15.9 Å². The molecule has 0 aromatic heterocycles. The molecule has 0 radical (unpaired) electrons. The summed E-state index contributed by atoms with van der Waals surface area (Å²) in [5.41, 5.74) is 8.72. The van der Waals surface area contributed by atoms with E-state index in [0.29, 0.717) is 5.92 Å². The van der Waals surface area contributed by atoms with Gasteiger partial charge in [-0.2, -0.15) is 0 Å². The van der Waals surface area contributed by atoms with Gasteiger partial charge in [0.1, 0.15) is 0 Å². The van der Waals surface area contributed by atoms with Crippen molar-refractivity contribution >= 4 is 15.9 Å². The molecule has 2 atom stereocenters. The van der Waals surface area contributed by atoms with E-state index in [4.69, 9.17) is 5.73 Å². The van der Waals surface area contributed by atoms with Crippen LogP contribution in [0.1, 0.15) is 18.1 Å². The Morgan fingerprint density at radius 1 is 1.43 bits per heavy atom. The highest BCUT2D eigenvalue weighted by atomic mass is 79.9. The summed E-state index contributed by atoms with van der Waals surface area (Å²) >= 11 is 3.51. The third-order valence-corrected chi connectivity index (χ3v) is 3.80. The van der Waals surface area contributed by atoms with Gasteiger partial charge in [0.25, 0.3) is 0 Å². The van der Waals surface area contributed by atoms with Crippen LogP contribution in [0.15, 0.2) is 22.7 Å². The van der Waals surface area contributed by atoms with Crippen molar-refractivity contribution in [3.8, 4) is 0 Å². The smallest absolute Gasteiger partial charge is 0.0178 e. The highest BCUT2D eigenvalue weighted by molar-refractivity contribution is 9.10. The first-order chi connectivity index (χ1) is 6.70. The number of benzene rings is 1. The maximum absolute atomic E-state index is 5.71. The molecule has 2 heteroatoms. The zero-order valence-corrected chi connectivity index (χ0v) is 10.0. The lowest BCUT2D eigenvalue weighted by Crippen LogP contribution is -2.20. The molecular weight excluding hydrogens is 238 g/mol. The van der Waals surface area contributed by atoms with E-state index in [1.807, 2.05) is 0 Å². The van der Waals surface area contributed by atoms with Gasteiger partial charge in [0.15, 0.2) is 0 Å². The van der Waals surface area contributed by atoms with Gasteiger partial charge >= 0.3 is 0 Å². The fourth-order valence-corrected chi connectivity index (χ4v) is 2.62. The van der Waals surface area contributed by atoms with Crippen LogP contribution in [0, 0.1) is 11.8 Å².